The molecule has 0 fully saturated rings. The van der Waals surface area contributed by atoms with Crippen molar-refractivity contribution in [3.05, 3.63) is 22.6 Å². The van der Waals surface area contributed by atoms with Crippen LogP contribution in [-0.4, -0.2) is 39.0 Å². The average molecular weight is 386 g/mol. The third-order valence-corrected chi connectivity index (χ3v) is 2.83. The van der Waals surface area contributed by atoms with Gasteiger partial charge in [-0.25, -0.2) is 9.97 Å². The number of halogens is 1. The predicted octanol–water partition coefficient (Wildman–Crippen LogP) is 2.87. The molecule has 0 aliphatic carbocycles. The molecular formula is C15H20BrN3O4. The van der Waals surface area contributed by atoms with Crippen molar-refractivity contribution in [1.29, 1.82) is 0 Å². The number of nitrogens with zero attached hydrogens (tertiary/aromatic N) is 2. The van der Waals surface area contributed by atoms with Crippen LogP contribution in [0.5, 0.6) is 0 Å². The van der Waals surface area contributed by atoms with E-state index < -0.39 is 11.6 Å². The minimum Gasteiger partial charge on any atom is -0.505 e. The fraction of sp³-hybridized carbons (Fsp3) is 0.467. The minimum absolute atomic E-state index is 0.0738. The topological polar surface area (TPSA) is 101 Å². The highest BCUT2D eigenvalue weighted by molar-refractivity contribution is 9.10. The molecule has 1 rings (SSSR count). The number of hydrogen-bond acceptors (Lipinski definition) is 7. The van der Waals surface area contributed by atoms with E-state index >= 15 is 0 Å². The molecule has 23 heavy (non-hydrogen) atoms. The van der Waals surface area contributed by atoms with Gasteiger partial charge in [0.05, 0.1) is 6.20 Å². The van der Waals surface area contributed by atoms with Crippen LogP contribution in [0.2, 0.25) is 0 Å². The summed E-state index contributed by atoms with van der Waals surface area (Å²) < 4.78 is 5.56. The van der Waals surface area contributed by atoms with Crippen LogP contribution in [0.3, 0.4) is 0 Å². The number of ether oxygens (including phenoxy) is 1. The molecule has 0 saturated heterocycles. The van der Waals surface area contributed by atoms with E-state index in [-0.39, 0.29) is 36.0 Å². The number of carbonyl (C=O) groups excluding carboxylic acids is 2. The van der Waals surface area contributed by atoms with Gasteiger partial charge in [0.15, 0.2) is 11.6 Å². The van der Waals surface area contributed by atoms with Crippen molar-refractivity contribution in [2.75, 3.05) is 11.9 Å². The van der Waals surface area contributed by atoms with Gasteiger partial charge >= 0.3 is 5.97 Å². The van der Waals surface area contributed by atoms with Crippen LogP contribution in [0.15, 0.2) is 16.9 Å². The first-order valence-electron chi connectivity index (χ1n) is 7.04. The number of aliphatic hydroxyl groups excluding tert-OH is 1. The Labute approximate surface area is 143 Å². The second-order valence-corrected chi connectivity index (χ2v) is 6.49. The summed E-state index contributed by atoms with van der Waals surface area (Å²) in [5.74, 6) is -0.863. The quantitative estimate of drug-likeness (QED) is 0.440. The lowest BCUT2D eigenvalue weighted by Crippen LogP contribution is -2.28. The number of aliphatic hydroxyl groups is 1. The van der Waals surface area contributed by atoms with Crippen LogP contribution in [0, 0.1) is 0 Å². The molecule has 0 saturated carbocycles. The molecule has 0 aliphatic heterocycles. The third kappa shape index (κ3) is 6.77. The second kappa shape index (κ2) is 8.05. The summed E-state index contributed by atoms with van der Waals surface area (Å²) >= 11 is 3.15. The van der Waals surface area contributed by atoms with E-state index in [1.165, 1.54) is 6.20 Å². The molecule has 0 radical (unpaired) electrons. The molecule has 0 atom stereocenters. The monoisotopic (exact) mass is 385 g/mol. The highest BCUT2D eigenvalue weighted by atomic mass is 79.9. The lowest BCUT2D eigenvalue weighted by Gasteiger charge is -2.19. The molecule has 0 bridgehead atoms. The zero-order valence-electron chi connectivity index (χ0n) is 13.5. The van der Waals surface area contributed by atoms with Gasteiger partial charge in [0.25, 0.3) is 0 Å². The zero-order chi connectivity index (χ0) is 17.6. The Morgan fingerprint density at radius 3 is 2.65 bits per heavy atom. The molecular weight excluding hydrogens is 366 g/mol. The van der Waals surface area contributed by atoms with Gasteiger partial charge in [-0.3, -0.25) is 9.59 Å². The maximum Gasteiger partial charge on any atom is 0.325 e. The minimum atomic E-state index is -0.595. The molecule has 8 heteroatoms. The molecule has 7 nitrogen and oxygen atoms in total. The van der Waals surface area contributed by atoms with E-state index in [1.807, 2.05) is 0 Å². The summed E-state index contributed by atoms with van der Waals surface area (Å²) in [7, 11) is 0. The Kier molecular flexibility index (Phi) is 6.68. The Hall–Kier alpha value is -1.96. The highest BCUT2D eigenvalue weighted by Gasteiger charge is 2.18. The molecule has 2 N–H and O–H groups in total. The summed E-state index contributed by atoms with van der Waals surface area (Å²) in [6.07, 6.45) is 2.75. The Balaban J connectivity index is 2.93. The third-order valence-electron chi connectivity index (χ3n) is 2.45. The maximum absolute atomic E-state index is 11.7. The van der Waals surface area contributed by atoms with Gasteiger partial charge in [-0.05, 0) is 36.7 Å². The number of anilines is 1. The summed E-state index contributed by atoms with van der Waals surface area (Å²) in [6, 6.07) is 0. The van der Waals surface area contributed by atoms with E-state index in [1.54, 1.807) is 27.7 Å². The van der Waals surface area contributed by atoms with Crippen LogP contribution >= 0.6 is 15.9 Å². The van der Waals surface area contributed by atoms with Crippen molar-refractivity contribution in [1.82, 2.24) is 9.97 Å². The lowest BCUT2D eigenvalue weighted by atomic mass is 10.2. The van der Waals surface area contributed by atoms with Gasteiger partial charge in [0.2, 0.25) is 0 Å². The molecule has 0 aliphatic rings. The van der Waals surface area contributed by atoms with Crippen LogP contribution in [0.4, 0.5) is 5.82 Å². The van der Waals surface area contributed by atoms with Gasteiger partial charge in [0, 0.05) is 12.5 Å². The van der Waals surface area contributed by atoms with Gasteiger partial charge in [-0.1, -0.05) is 6.92 Å². The second-order valence-electron chi connectivity index (χ2n) is 5.68. The normalized spacial score (nSPS) is 12.0. The van der Waals surface area contributed by atoms with Gasteiger partial charge < -0.3 is 15.2 Å². The molecule has 1 aromatic heterocycles. The number of ketones is 1. The van der Waals surface area contributed by atoms with Crippen molar-refractivity contribution >= 4 is 39.3 Å². The number of esters is 1. The first kappa shape index (κ1) is 19.1. The Bertz CT molecular complexity index is 624. The van der Waals surface area contributed by atoms with Crippen LogP contribution < -0.4 is 5.32 Å². The molecule has 126 valence electrons. The number of rotatable bonds is 6. The standard InChI is InChI=1S/C15H20BrN3O4/c1-5-9(20)6-10(21)13-14(17-7-11(16)19-13)18-8-12(22)23-15(2,3)4/h6-7,21H,5,8H2,1-4H3,(H,17,18)/b10-6-. The van der Waals surface area contributed by atoms with E-state index in [2.05, 4.69) is 31.2 Å². The lowest BCUT2D eigenvalue weighted by molar-refractivity contribution is -0.152. The van der Waals surface area contributed by atoms with Crippen LogP contribution in [-0.2, 0) is 14.3 Å². The number of hydrogen-bond donors (Lipinski definition) is 2. The molecule has 0 amide bonds. The first-order chi connectivity index (χ1) is 10.6. The first-order valence-corrected chi connectivity index (χ1v) is 7.83. The van der Waals surface area contributed by atoms with Crippen LogP contribution in [0.25, 0.3) is 5.76 Å². The maximum atomic E-state index is 11.7. The summed E-state index contributed by atoms with van der Waals surface area (Å²) in [4.78, 5) is 31.3. The summed E-state index contributed by atoms with van der Waals surface area (Å²) in [6.45, 7) is 6.83. The fourth-order valence-corrected chi connectivity index (χ4v) is 1.81. The van der Waals surface area contributed by atoms with Crippen LogP contribution in [0.1, 0.15) is 39.8 Å². The smallest absolute Gasteiger partial charge is 0.325 e. The van der Waals surface area contributed by atoms with Gasteiger partial charge in [-0.15, -0.1) is 0 Å². The molecule has 0 unspecified atom stereocenters. The average Bonchev–Trinajstić information content (AvgIpc) is 2.43. The van der Waals surface area contributed by atoms with Gasteiger partial charge in [0.1, 0.15) is 28.2 Å². The molecule has 0 spiro atoms. The molecule has 1 aromatic rings. The largest absolute Gasteiger partial charge is 0.505 e. The van der Waals surface area contributed by atoms with E-state index in [0.717, 1.165) is 6.08 Å². The molecule has 0 aromatic carbocycles. The predicted molar refractivity (Wildman–Crippen MR) is 90.0 cm³/mol. The van der Waals surface area contributed by atoms with Crippen molar-refractivity contribution in [3.8, 4) is 0 Å². The van der Waals surface area contributed by atoms with E-state index in [0.29, 0.717) is 4.60 Å². The van der Waals surface area contributed by atoms with Crippen molar-refractivity contribution in [3.63, 3.8) is 0 Å². The summed E-state index contributed by atoms with van der Waals surface area (Å²) in [5, 5.41) is 12.8. The molecule has 1 heterocycles. The number of allylic oxidation sites excluding steroid dienone is 1. The Morgan fingerprint density at radius 1 is 1.43 bits per heavy atom. The summed E-state index contributed by atoms with van der Waals surface area (Å²) in [5.41, 5.74) is -0.521. The number of carbonyl (C=O) groups is 2. The van der Waals surface area contributed by atoms with E-state index in [9.17, 15) is 14.7 Å². The van der Waals surface area contributed by atoms with Crippen molar-refractivity contribution in [2.24, 2.45) is 0 Å². The fourth-order valence-electron chi connectivity index (χ4n) is 1.53. The highest BCUT2D eigenvalue weighted by Crippen LogP contribution is 2.20. The van der Waals surface area contributed by atoms with Crippen molar-refractivity contribution < 1.29 is 19.4 Å². The van der Waals surface area contributed by atoms with Gasteiger partial charge in [-0.2, -0.15) is 0 Å². The van der Waals surface area contributed by atoms with Crippen molar-refractivity contribution in [2.45, 2.75) is 39.7 Å². The SMILES string of the molecule is CCC(=O)/C=C(\O)c1nc(Br)cnc1NCC(=O)OC(C)(C)C. The number of nitrogens with one attached hydrogen (secondary N) is 1. The zero-order valence-corrected chi connectivity index (χ0v) is 15.1. The number of aromatic nitrogens is 2. The Morgan fingerprint density at radius 2 is 2.09 bits per heavy atom. The van der Waals surface area contributed by atoms with E-state index in [4.69, 9.17) is 4.74 Å².